The van der Waals surface area contributed by atoms with E-state index in [1.807, 2.05) is 31.3 Å². The van der Waals surface area contributed by atoms with Crippen molar-refractivity contribution in [3.63, 3.8) is 0 Å². The molecule has 0 amide bonds. The molecule has 0 saturated heterocycles. The molecule has 0 radical (unpaired) electrons. The van der Waals surface area contributed by atoms with Gasteiger partial charge in [-0.1, -0.05) is 31.2 Å². The summed E-state index contributed by atoms with van der Waals surface area (Å²) < 4.78 is 5.13. The number of nitrogens with zero attached hydrogens (tertiary/aromatic N) is 1. The minimum atomic E-state index is -0.522. The number of aryl methyl sites for hydroxylation is 1. The predicted molar refractivity (Wildman–Crippen MR) is 87.0 cm³/mol. The average Bonchev–Trinajstić information content (AvgIpc) is 2.55. The van der Waals surface area contributed by atoms with E-state index in [4.69, 9.17) is 4.74 Å². The molecule has 1 unspecified atom stereocenters. The highest BCUT2D eigenvalue weighted by molar-refractivity contribution is 5.47. The summed E-state index contributed by atoms with van der Waals surface area (Å²) in [5, 5.41) is 10.3. The van der Waals surface area contributed by atoms with Crippen LogP contribution in [0, 0.1) is 0 Å². The molecule has 0 fully saturated rings. The molecule has 0 aliphatic carbocycles. The quantitative estimate of drug-likeness (QED) is 0.882. The van der Waals surface area contributed by atoms with E-state index in [1.54, 1.807) is 7.11 Å². The van der Waals surface area contributed by atoms with Crippen LogP contribution < -0.4 is 9.64 Å². The summed E-state index contributed by atoms with van der Waals surface area (Å²) in [6, 6.07) is 16.0. The van der Waals surface area contributed by atoms with E-state index < -0.39 is 6.10 Å². The van der Waals surface area contributed by atoms with Crippen molar-refractivity contribution in [2.75, 3.05) is 25.6 Å². The Hall–Kier alpha value is -2.00. The van der Waals surface area contributed by atoms with Crippen LogP contribution >= 0.6 is 0 Å². The van der Waals surface area contributed by atoms with Gasteiger partial charge in [-0.25, -0.2) is 0 Å². The van der Waals surface area contributed by atoms with Crippen LogP contribution in [0.1, 0.15) is 24.2 Å². The van der Waals surface area contributed by atoms with Crippen molar-refractivity contribution < 1.29 is 9.84 Å². The fraction of sp³-hybridized carbons (Fsp3) is 0.333. The minimum Gasteiger partial charge on any atom is -0.497 e. The second kappa shape index (κ2) is 7.14. The molecule has 0 bridgehead atoms. The van der Waals surface area contributed by atoms with Gasteiger partial charge in [0, 0.05) is 19.3 Å². The number of aliphatic hydroxyl groups excluding tert-OH is 1. The van der Waals surface area contributed by atoms with E-state index in [-0.39, 0.29) is 0 Å². The van der Waals surface area contributed by atoms with Crippen LogP contribution in [0.5, 0.6) is 5.75 Å². The van der Waals surface area contributed by atoms with Crippen LogP contribution in [0.2, 0.25) is 0 Å². The largest absolute Gasteiger partial charge is 0.497 e. The molecule has 3 heteroatoms. The number of ether oxygens (including phenoxy) is 1. The Morgan fingerprint density at radius 1 is 1.05 bits per heavy atom. The van der Waals surface area contributed by atoms with Crippen molar-refractivity contribution in [3.05, 3.63) is 59.7 Å². The molecule has 1 N–H and O–H groups in total. The normalized spacial score (nSPS) is 12.0. The second-order valence-corrected chi connectivity index (χ2v) is 5.19. The first kappa shape index (κ1) is 15.4. The van der Waals surface area contributed by atoms with Crippen molar-refractivity contribution in [1.29, 1.82) is 0 Å². The maximum atomic E-state index is 10.3. The number of likely N-dealkylation sites (N-methyl/N-ethyl adjacent to an activating group) is 1. The summed E-state index contributed by atoms with van der Waals surface area (Å²) in [5.74, 6) is 0.800. The zero-order valence-corrected chi connectivity index (χ0v) is 12.9. The number of rotatable bonds is 6. The Kier molecular flexibility index (Phi) is 5.23. The average molecular weight is 285 g/mol. The summed E-state index contributed by atoms with van der Waals surface area (Å²) >= 11 is 0. The molecule has 0 heterocycles. The topological polar surface area (TPSA) is 32.7 Å². The lowest BCUT2D eigenvalue weighted by molar-refractivity contribution is 0.185. The van der Waals surface area contributed by atoms with Crippen LogP contribution in [0.4, 0.5) is 5.69 Å². The molecule has 2 aromatic carbocycles. The van der Waals surface area contributed by atoms with Gasteiger partial charge in [-0.2, -0.15) is 0 Å². The summed E-state index contributed by atoms with van der Waals surface area (Å²) in [7, 11) is 3.63. The molecule has 21 heavy (non-hydrogen) atoms. The maximum Gasteiger partial charge on any atom is 0.118 e. The molecule has 0 aliphatic rings. The summed E-state index contributed by atoms with van der Waals surface area (Å²) in [4.78, 5) is 2.06. The van der Waals surface area contributed by atoms with Crippen molar-refractivity contribution in [3.8, 4) is 5.75 Å². The predicted octanol–water partition coefficient (Wildman–Crippen LogP) is 3.43. The molecule has 2 aromatic rings. The van der Waals surface area contributed by atoms with Gasteiger partial charge < -0.3 is 14.7 Å². The first-order chi connectivity index (χ1) is 10.1. The van der Waals surface area contributed by atoms with E-state index >= 15 is 0 Å². The number of methoxy groups -OCH3 is 1. The minimum absolute atomic E-state index is 0.522. The van der Waals surface area contributed by atoms with Gasteiger partial charge in [-0.15, -0.1) is 0 Å². The standard InChI is InChI=1S/C18H23NO2/c1-4-14-5-9-16(10-6-14)19(2)13-18(20)15-7-11-17(21-3)12-8-15/h5-12,18,20H,4,13H2,1-3H3. The van der Waals surface area contributed by atoms with Crippen molar-refractivity contribution >= 4 is 5.69 Å². The summed E-state index contributed by atoms with van der Waals surface area (Å²) in [6.45, 7) is 2.70. The number of hydrogen-bond acceptors (Lipinski definition) is 3. The fourth-order valence-corrected chi connectivity index (χ4v) is 2.28. The highest BCUT2D eigenvalue weighted by atomic mass is 16.5. The number of benzene rings is 2. The number of anilines is 1. The Morgan fingerprint density at radius 3 is 2.19 bits per heavy atom. The zero-order valence-electron chi connectivity index (χ0n) is 12.9. The van der Waals surface area contributed by atoms with Crippen LogP contribution in [0.15, 0.2) is 48.5 Å². The molecule has 0 saturated carbocycles. The monoisotopic (exact) mass is 285 g/mol. The molecule has 0 aromatic heterocycles. The lowest BCUT2D eigenvalue weighted by Crippen LogP contribution is -2.24. The van der Waals surface area contributed by atoms with E-state index in [1.165, 1.54) is 5.56 Å². The van der Waals surface area contributed by atoms with E-state index in [9.17, 15) is 5.11 Å². The lowest BCUT2D eigenvalue weighted by Gasteiger charge is -2.23. The number of aliphatic hydroxyl groups is 1. The molecular weight excluding hydrogens is 262 g/mol. The van der Waals surface area contributed by atoms with Gasteiger partial charge in [-0.05, 0) is 41.8 Å². The second-order valence-electron chi connectivity index (χ2n) is 5.19. The molecule has 112 valence electrons. The molecule has 3 nitrogen and oxygen atoms in total. The van der Waals surface area contributed by atoms with Gasteiger partial charge in [0.1, 0.15) is 5.75 Å². The van der Waals surface area contributed by atoms with Gasteiger partial charge in [0.15, 0.2) is 0 Å². The summed E-state index contributed by atoms with van der Waals surface area (Å²) in [6.07, 6.45) is 0.519. The first-order valence-electron chi connectivity index (χ1n) is 7.26. The zero-order chi connectivity index (χ0) is 15.2. The molecule has 0 spiro atoms. The van der Waals surface area contributed by atoms with Gasteiger partial charge in [0.2, 0.25) is 0 Å². The smallest absolute Gasteiger partial charge is 0.118 e. The Morgan fingerprint density at radius 2 is 1.67 bits per heavy atom. The Labute approximate surface area is 126 Å². The molecule has 1 atom stereocenters. The maximum absolute atomic E-state index is 10.3. The SMILES string of the molecule is CCc1ccc(N(C)CC(O)c2ccc(OC)cc2)cc1. The van der Waals surface area contributed by atoms with E-state index in [2.05, 4.69) is 36.1 Å². The highest BCUT2D eigenvalue weighted by Gasteiger charge is 2.11. The lowest BCUT2D eigenvalue weighted by atomic mass is 10.1. The van der Waals surface area contributed by atoms with E-state index in [0.717, 1.165) is 23.4 Å². The van der Waals surface area contributed by atoms with Crippen molar-refractivity contribution in [2.45, 2.75) is 19.4 Å². The highest BCUT2D eigenvalue weighted by Crippen LogP contribution is 2.21. The van der Waals surface area contributed by atoms with Crippen LogP contribution in [0.25, 0.3) is 0 Å². The Bertz CT molecular complexity index is 497. The fourth-order valence-electron chi connectivity index (χ4n) is 2.28. The third kappa shape index (κ3) is 3.99. The molecule has 2 rings (SSSR count). The third-order valence-corrected chi connectivity index (χ3v) is 3.73. The summed E-state index contributed by atoms with van der Waals surface area (Å²) in [5.41, 5.74) is 3.33. The molecule has 0 aliphatic heterocycles. The Balaban J connectivity index is 2.01. The third-order valence-electron chi connectivity index (χ3n) is 3.73. The van der Waals surface area contributed by atoms with Crippen molar-refractivity contribution in [1.82, 2.24) is 0 Å². The van der Waals surface area contributed by atoms with Crippen LogP contribution in [-0.2, 0) is 6.42 Å². The van der Waals surface area contributed by atoms with E-state index in [0.29, 0.717) is 6.54 Å². The van der Waals surface area contributed by atoms with Gasteiger partial charge in [0.25, 0.3) is 0 Å². The first-order valence-corrected chi connectivity index (χ1v) is 7.26. The van der Waals surface area contributed by atoms with Gasteiger partial charge in [-0.3, -0.25) is 0 Å². The van der Waals surface area contributed by atoms with Crippen LogP contribution in [0.3, 0.4) is 0 Å². The van der Waals surface area contributed by atoms with Crippen LogP contribution in [-0.4, -0.2) is 25.8 Å². The van der Waals surface area contributed by atoms with Gasteiger partial charge >= 0.3 is 0 Å². The van der Waals surface area contributed by atoms with Crippen molar-refractivity contribution in [2.24, 2.45) is 0 Å². The number of hydrogen-bond donors (Lipinski definition) is 1. The molecular formula is C18H23NO2. The van der Waals surface area contributed by atoms with Gasteiger partial charge in [0.05, 0.1) is 13.2 Å².